The second-order valence-corrected chi connectivity index (χ2v) is 6.05. The lowest BCUT2D eigenvalue weighted by Gasteiger charge is -2.41. The standard InChI is InChI=1S/C14H23FN2O4/c1-21-12(20)16-14(6-2-3-7-14)11(19)17-8-4-5-13(15,9-17)10-18/h18H,2-10H2,1H3,(H,16,20)/t13-/m0/s1. The van der Waals surface area contributed by atoms with Crippen molar-refractivity contribution >= 4 is 12.0 Å². The number of methoxy groups -OCH3 is 1. The summed E-state index contributed by atoms with van der Waals surface area (Å²) in [5, 5.41) is 11.8. The molecular formula is C14H23FN2O4. The van der Waals surface area contributed by atoms with E-state index in [4.69, 9.17) is 5.11 Å². The first-order valence-electron chi connectivity index (χ1n) is 7.40. The molecule has 2 N–H and O–H groups in total. The molecule has 1 aliphatic heterocycles. The molecular weight excluding hydrogens is 279 g/mol. The molecule has 1 aliphatic carbocycles. The van der Waals surface area contributed by atoms with Gasteiger partial charge in [-0.15, -0.1) is 0 Å². The molecule has 120 valence electrons. The molecule has 0 radical (unpaired) electrons. The summed E-state index contributed by atoms with van der Waals surface area (Å²) in [5.41, 5.74) is -2.72. The zero-order valence-electron chi connectivity index (χ0n) is 12.4. The van der Waals surface area contributed by atoms with Crippen molar-refractivity contribution in [3.8, 4) is 0 Å². The number of hydrogen-bond donors (Lipinski definition) is 2. The highest BCUT2D eigenvalue weighted by molar-refractivity contribution is 5.90. The van der Waals surface area contributed by atoms with E-state index in [0.29, 0.717) is 25.8 Å². The molecule has 2 aliphatic rings. The second kappa shape index (κ2) is 6.17. The molecule has 7 heteroatoms. The van der Waals surface area contributed by atoms with Crippen molar-refractivity contribution in [1.29, 1.82) is 0 Å². The predicted molar refractivity (Wildman–Crippen MR) is 73.5 cm³/mol. The van der Waals surface area contributed by atoms with Crippen LogP contribution in [0.15, 0.2) is 0 Å². The van der Waals surface area contributed by atoms with Crippen molar-refractivity contribution in [1.82, 2.24) is 10.2 Å². The Hall–Kier alpha value is -1.37. The zero-order chi connectivity index (χ0) is 15.5. The normalized spacial score (nSPS) is 28.2. The lowest BCUT2D eigenvalue weighted by molar-refractivity contribution is -0.143. The van der Waals surface area contributed by atoms with E-state index < -0.39 is 23.9 Å². The van der Waals surface area contributed by atoms with Gasteiger partial charge >= 0.3 is 6.09 Å². The van der Waals surface area contributed by atoms with Crippen LogP contribution in [0.1, 0.15) is 38.5 Å². The lowest BCUT2D eigenvalue weighted by atomic mass is 9.91. The number of amides is 2. The Morgan fingerprint density at radius 3 is 2.52 bits per heavy atom. The topological polar surface area (TPSA) is 78.9 Å². The zero-order valence-corrected chi connectivity index (χ0v) is 12.4. The maximum Gasteiger partial charge on any atom is 0.407 e. The third-order valence-electron chi connectivity index (χ3n) is 4.49. The number of halogens is 1. The number of alkyl halides is 1. The first-order valence-corrected chi connectivity index (χ1v) is 7.40. The molecule has 1 atom stereocenters. The van der Waals surface area contributed by atoms with E-state index in [1.54, 1.807) is 0 Å². The molecule has 1 saturated heterocycles. The Kier molecular flexibility index (Phi) is 4.70. The van der Waals surface area contributed by atoms with Gasteiger partial charge in [-0.05, 0) is 25.7 Å². The van der Waals surface area contributed by atoms with Gasteiger partial charge in [0.1, 0.15) is 5.54 Å². The molecule has 2 fully saturated rings. The number of hydrogen-bond acceptors (Lipinski definition) is 4. The fraction of sp³-hybridized carbons (Fsp3) is 0.857. The van der Waals surface area contributed by atoms with Crippen molar-refractivity contribution in [3.05, 3.63) is 0 Å². The van der Waals surface area contributed by atoms with Crippen molar-refractivity contribution in [2.24, 2.45) is 0 Å². The Morgan fingerprint density at radius 1 is 1.29 bits per heavy atom. The van der Waals surface area contributed by atoms with E-state index in [2.05, 4.69) is 10.1 Å². The highest BCUT2D eigenvalue weighted by Crippen LogP contribution is 2.34. The van der Waals surface area contributed by atoms with Crippen LogP contribution >= 0.6 is 0 Å². The minimum atomic E-state index is -1.74. The molecule has 0 spiro atoms. The number of nitrogens with one attached hydrogen (secondary N) is 1. The average molecular weight is 302 g/mol. The molecule has 1 saturated carbocycles. The minimum absolute atomic E-state index is 0.118. The van der Waals surface area contributed by atoms with Gasteiger partial charge in [-0.25, -0.2) is 9.18 Å². The molecule has 2 rings (SSSR count). The Labute approximate surface area is 123 Å². The van der Waals surface area contributed by atoms with Crippen LogP contribution in [0.5, 0.6) is 0 Å². The van der Waals surface area contributed by atoms with Gasteiger partial charge < -0.3 is 20.1 Å². The highest BCUT2D eigenvalue weighted by Gasteiger charge is 2.47. The van der Waals surface area contributed by atoms with Crippen LogP contribution in [0.3, 0.4) is 0 Å². The van der Waals surface area contributed by atoms with Crippen molar-refractivity contribution < 1.29 is 23.8 Å². The van der Waals surface area contributed by atoms with Crippen LogP contribution in [0, 0.1) is 0 Å². The number of carbonyl (C=O) groups excluding carboxylic acids is 2. The summed E-state index contributed by atoms with van der Waals surface area (Å²) >= 11 is 0. The summed E-state index contributed by atoms with van der Waals surface area (Å²) < 4.78 is 18.9. The van der Waals surface area contributed by atoms with Crippen LogP contribution in [0.4, 0.5) is 9.18 Å². The van der Waals surface area contributed by atoms with Gasteiger partial charge in [-0.2, -0.15) is 0 Å². The first kappa shape index (κ1) is 16.0. The average Bonchev–Trinajstić information content (AvgIpc) is 2.96. The molecule has 0 aromatic rings. The van der Waals surface area contributed by atoms with Gasteiger partial charge in [-0.3, -0.25) is 4.79 Å². The van der Waals surface area contributed by atoms with Gasteiger partial charge in [0.15, 0.2) is 5.67 Å². The number of rotatable bonds is 3. The maximum absolute atomic E-state index is 14.3. The number of alkyl carbamates (subject to hydrolysis) is 1. The monoisotopic (exact) mass is 302 g/mol. The molecule has 1 heterocycles. The van der Waals surface area contributed by atoms with Crippen LogP contribution in [-0.2, 0) is 9.53 Å². The van der Waals surface area contributed by atoms with E-state index in [-0.39, 0.29) is 18.9 Å². The number of likely N-dealkylation sites (tertiary alicyclic amines) is 1. The summed E-state index contributed by atoms with van der Waals surface area (Å²) in [4.78, 5) is 25.7. The number of ether oxygens (including phenoxy) is 1. The molecule has 6 nitrogen and oxygen atoms in total. The first-order chi connectivity index (χ1) is 9.95. The van der Waals surface area contributed by atoms with Crippen molar-refractivity contribution in [2.75, 3.05) is 26.8 Å². The van der Waals surface area contributed by atoms with Gasteiger partial charge in [0.05, 0.1) is 20.3 Å². The number of piperidine rings is 1. The van der Waals surface area contributed by atoms with Crippen molar-refractivity contribution in [3.63, 3.8) is 0 Å². The fourth-order valence-electron chi connectivity index (χ4n) is 3.31. The van der Waals surface area contributed by atoms with Crippen LogP contribution in [0.2, 0.25) is 0 Å². The number of carbonyl (C=O) groups is 2. The van der Waals surface area contributed by atoms with Gasteiger partial charge in [0, 0.05) is 6.54 Å². The Bertz CT molecular complexity index is 412. The van der Waals surface area contributed by atoms with Crippen LogP contribution < -0.4 is 5.32 Å². The Balaban J connectivity index is 2.13. The summed E-state index contributed by atoms with van der Waals surface area (Å²) in [7, 11) is 1.25. The van der Waals surface area contributed by atoms with Gasteiger partial charge in [0.2, 0.25) is 5.91 Å². The summed E-state index contributed by atoms with van der Waals surface area (Å²) in [6.45, 7) is -0.254. The molecule has 2 amide bonds. The smallest absolute Gasteiger partial charge is 0.407 e. The van der Waals surface area contributed by atoms with E-state index in [9.17, 15) is 14.0 Å². The third-order valence-corrected chi connectivity index (χ3v) is 4.49. The third kappa shape index (κ3) is 3.28. The SMILES string of the molecule is COC(=O)NC1(C(=O)N2CCC[C@@](F)(CO)C2)CCCC1. The molecule has 0 aromatic carbocycles. The summed E-state index contributed by atoms with van der Waals surface area (Å²) in [6.07, 6.45) is 2.87. The minimum Gasteiger partial charge on any atom is -0.453 e. The van der Waals surface area contributed by atoms with E-state index in [1.165, 1.54) is 12.0 Å². The van der Waals surface area contributed by atoms with Crippen LogP contribution in [-0.4, -0.2) is 60.0 Å². The van der Waals surface area contributed by atoms with Crippen molar-refractivity contribution in [2.45, 2.75) is 49.7 Å². The van der Waals surface area contributed by atoms with Gasteiger partial charge in [0.25, 0.3) is 0 Å². The van der Waals surface area contributed by atoms with E-state index in [1.807, 2.05) is 0 Å². The highest BCUT2D eigenvalue weighted by atomic mass is 19.1. The molecule has 0 aromatic heterocycles. The lowest BCUT2D eigenvalue weighted by Crippen LogP contribution is -2.61. The number of nitrogens with zero attached hydrogens (tertiary/aromatic N) is 1. The van der Waals surface area contributed by atoms with Gasteiger partial charge in [-0.1, -0.05) is 12.8 Å². The fourth-order valence-corrected chi connectivity index (χ4v) is 3.31. The largest absolute Gasteiger partial charge is 0.453 e. The molecule has 21 heavy (non-hydrogen) atoms. The van der Waals surface area contributed by atoms with Crippen LogP contribution in [0.25, 0.3) is 0 Å². The number of aliphatic hydroxyl groups excluding tert-OH is 1. The second-order valence-electron chi connectivity index (χ2n) is 6.05. The predicted octanol–water partition coefficient (Wildman–Crippen LogP) is 0.978. The Morgan fingerprint density at radius 2 is 1.95 bits per heavy atom. The van der Waals surface area contributed by atoms with E-state index in [0.717, 1.165) is 12.8 Å². The summed E-state index contributed by atoms with van der Waals surface area (Å²) in [6, 6.07) is 0. The van der Waals surface area contributed by atoms with E-state index >= 15 is 0 Å². The maximum atomic E-state index is 14.3. The quantitative estimate of drug-likeness (QED) is 0.814. The number of aliphatic hydroxyl groups is 1. The molecule has 0 unspecified atom stereocenters. The molecule has 0 bridgehead atoms. The summed E-state index contributed by atoms with van der Waals surface area (Å²) in [5.74, 6) is -0.263.